The predicted molar refractivity (Wildman–Crippen MR) is 130 cm³/mol. The molecule has 3 rings (SSSR count). The van der Waals surface area contributed by atoms with E-state index in [1.807, 2.05) is 25.1 Å². The van der Waals surface area contributed by atoms with Crippen molar-refractivity contribution >= 4 is 40.5 Å². The number of allylic oxidation sites excluding steroid dienone is 1. The highest BCUT2D eigenvalue weighted by Gasteiger charge is 2.15. The quantitative estimate of drug-likeness (QED) is 0.194. The number of anilines is 1. The minimum Gasteiger partial charge on any atom is -0.493 e. The van der Waals surface area contributed by atoms with E-state index in [2.05, 4.69) is 5.32 Å². The van der Waals surface area contributed by atoms with Gasteiger partial charge in [0.1, 0.15) is 0 Å². The number of aryl methyl sites for hydroxylation is 1. The summed E-state index contributed by atoms with van der Waals surface area (Å²) in [6, 6.07) is 18.3. The number of carbonyl (C=O) groups excluding carboxylic acids is 1. The van der Waals surface area contributed by atoms with Gasteiger partial charge in [-0.3, -0.25) is 14.9 Å². The fourth-order valence-corrected chi connectivity index (χ4v) is 3.34. The van der Waals surface area contributed by atoms with Gasteiger partial charge in [-0.2, -0.15) is 5.26 Å². The summed E-state index contributed by atoms with van der Waals surface area (Å²) in [6.45, 7) is 1.65. The van der Waals surface area contributed by atoms with Crippen molar-refractivity contribution in [3.63, 3.8) is 0 Å². The maximum atomic E-state index is 12.3. The minimum atomic E-state index is -0.528. The second-order valence-electron chi connectivity index (χ2n) is 7.21. The lowest BCUT2D eigenvalue weighted by atomic mass is 10.0. The number of carbonyl (C=O) groups is 1. The van der Waals surface area contributed by atoms with Crippen molar-refractivity contribution in [2.75, 3.05) is 19.0 Å². The lowest BCUT2D eigenvalue weighted by Gasteiger charge is -2.13. The molecule has 0 bridgehead atoms. The number of hydrogen-bond acceptors (Lipinski definition) is 6. The van der Waals surface area contributed by atoms with Gasteiger partial charge in [0.15, 0.2) is 18.1 Å². The van der Waals surface area contributed by atoms with Gasteiger partial charge >= 0.3 is 0 Å². The Morgan fingerprint density at radius 1 is 1.21 bits per heavy atom. The molecule has 1 N–H and O–H groups in total. The van der Waals surface area contributed by atoms with Gasteiger partial charge in [-0.05, 0) is 48.4 Å². The lowest BCUT2D eigenvalue weighted by molar-refractivity contribution is -0.384. The number of rotatable bonds is 8. The summed E-state index contributed by atoms with van der Waals surface area (Å²) in [4.78, 5) is 22.8. The van der Waals surface area contributed by atoms with Crippen molar-refractivity contribution in [3.05, 3.63) is 92.5 Å². The van der Waals surface area contributed by atoms with E-state index in [-0.39, 0.29) is 40.3 Å². The van der Waals surface area contributed by atoms with Crippen molar-refractivity contribution in [3.8, 4) is 17.6 Å². The average molecular weight is 478 g/mol. The van der Waals surface area contributed by atoms with Gasteiger partial charge in [0.2, 0.25) is 0 Å². The summed E-state index contributed by atoms with van der Waals surface area (Å²) in [6.07, 6.45) is 1.53. The van der Waals surface area contributed by atoms with Crippen molar-refractivity contribution in [1.29, 1.82) is 5.26 Å². The molecule has 0 aliphatic rings. The fourth-order valence-electron chi connectivity index (χ4n) is 3.07. The number of hydrogen-bond donors (Lipinski definition) is 1. The van der Waals surface area contributed by atoms with E-state index < -0.39 is 4.92 Å². The van der Waals surface area contributed by atoms with Gasteiger partial charge in [0.25, 0.3) is 11.6 Å². The Morgan fingerprint density at radius 2 is 1.94 bits per heavy atom. The zero-order valence-corrected chi connectivity index (χ0v) is 19.1. The van der Waals surface area contributed by atoms with Gasteiger partial charge in [-0.15, -0.1) is 0 Å². The van der Waals surface area contributed by atoms with Gasteiger partial charge in [-0.1, -0.05) is 41.4 Å². The molecule has 8 nitrogen and oxygen atoms in total. The molecule has 0 aliphatic carbocycles. The predicted octanol–water partition coefficient (Wildman–Crippen LogP) is 5.65. The molecule has 0 radical (unpaired) electrons. The molecule has 0 aliphatic heterocycles. The molecule has 34 heavy (non-hydrogen) atoms. The number of ether oxygens (including phenoxy) is 2. The van der Waals surface area contributed by atoms with Crippen LogP contribution in [0.1, 0.15) is 16.7 Å². The number of nitrogens with zero attached hydrogens (tertiary/aromatic N) is 2. The average Bonchev–Trinajstić information content (AvgIpc) is 2.83. The highest BCUT2D eigenvalue weighted by atomic mass is 35.5. The number of amides is 1. The molecule has 0 unspecified atom stereocenters. The molecule has 172 valence electrons. The Bertz CT molecular complexity index is 1300. The van der Waals surface area contributed by atoms with E-state index in [0.717, 1.165) is 5.56 Å². The number of methoxy groups -OCH3 is 1. The Hall–Kier alpha value is -4.35. The third-order valence-corrected chi connectivity index (χ3v) is 5.01. The number of halogens is 1. The number of non-ortho nitro benzene ring substituents is 1. The van der Waals surface area contributed by atoms with Gasteiger partial charge in [0.05, 0.1) is 28.7 Å². The Labute approximate surface area is 201 Å². The van der Waals surface area contributed by atoms with Gasteiger partial charge in [-0.25, -0.2) is 0 Å². The van der Waals surface area contributed by atoms with Crippen molar-refractivity contribution in [2.24, 2.45) is 0 Å². The molecule has 0 atom stereocenters. The first kappa shape index (κ1) is 24.3. The molecule has 3 aromatic carbocycles. The van der Waals surface area contributed by atoms with Crippen molar-refractivity contribution < 1.29 is 19.2 Å². The molecule has 9 heteroatoms. The van der Waals surface area contributed by atoms with Crippen LogP contribution >= 0.6 is 11.6 Å². The van der Waals surface area contributed by atoms with E-state index in [1.54, 1.807) is 30.3 Å². The molecule has 0 aromatic heterocycles. The van der Waals surface area contributed by atoms with Crippen molar-refractivity contribution in [1.82, 2.24) is 0 Å². The highest BCUT2D eigenvalue weighted by Crippen LogP contribution is 2.37. The van der Waals surface area contributed by atoms with Gasteiger partial charge in [0, 0.05) is 17.8 Å². The van der Waals surface area contributed by atoms with Crippen LogP contribution < -0.4 is 14.8 Å². The molecular formula is C25H20ClN3O5. The normalized spacial score (nSPS) is 10.8. The van der Waals surface area contributed by atoms with E-state index in [1.165, 1.54) is 31.4 Å². The van der Waals surface area contributed by atoms with Crippen LogP contribution in [0.25, 0.3) is 11.6 Å². The van der Waals surface area contributed by atoms with Crippen LogP contribution in [-0.4, -0.2) is 24.5 Å². The van der Waals surface area contributed by atoms with Crippen LogP contribution in [0.3, 0.4) is 0 Å². The second kappa shape index (κ2) is 11.0. The van der Waals surface area contributed by atoms with Crippen LogP contribution in [0.5, 0.6) is 11.5 Å². The zero-order valence-electron chi connectivity index (χ0n) is 18.4. The highest BCUT2D eigenvalue weighted by molar-refractivity contribution is 6.32. The van der Waals surface area contributed by atoms with E-state index in [9.17, 15) is 20.2 Å². The Balaban J connectivity index is 1.80. The smallest absolute Gasteiger partial charge is 0.270 e. The van der Waals surface area contributed by atoms with Gasteiger partial charge < -0.3 is 14.8 Å². The molecule has 0 fully saturated rings. The molecule has 0 saturated heterocycles. The zero-order chi connectivity index (χ0) is 24.7. The second-order valence-corrected chi connectivity index (χ2v) is 7.62. The molecule has 0 saturated carbocycles. The van der Waals surface area contributed by atoms with E-state index in [0.29, 0.717) is 16.8 Å². The van der Waals surface area contributed by atoms with E-state index >= 15 is 0 Å². The number of benzene rings is 3. The summed E-state index contributed by atoms with van der Waals surface area (Å²) in [7, 11) is 1.42. The Kier molecular flexibility index (Phi) is 7.85. The molecule has 3 aromatic rings. The summed E-state index contributed by atoms with van der Waals surface area (Å²) in [5, 5.41) is 23.5. The summed E-state index contributed by atoms with van der Waals surface area (Å²) in [5.41, 5.74) is 2.70. The summed E-state index contributed by atoms with van der Waals surface area (Å²) >= 11 is 6.38. The Morgan fingerprint density at radius 3 is 2.59 bits per heavy atom. The first-order valence-corrected chi connectivity index (χ1v) is 10.4. The molecule has 1 amide bonds. The molecule has 0 heterocycles. The third-order valence-electron chi connectivity index (χ3n) is 4.73. The van der Waals surface area contributed by atoms with Crippen LogP contribution in [-0.2, 0) is 4.79 Å². The van der Waals surface area contributed by atoms with E-state index in [4.69, 9.17) is 21.1 Å². The standard InChI is InChI=1S/C25H20ClN3O5/c1-16-6-8-20(9-7-16)28-24(30)15-34-25-22(26)11-17(12-23(25)33-2)10-19(14-27)18-4-3-5-21(13-18)29(31)32/h3-13H,15H2,1-2H3,(H,28,30)/b19-10-. The monoisotopic (exact) mass is 477 g/mol. The maximum absolute atomic E-state index is 12.3. The minimum absolute atomic E-state index is 0.123. The van der Waals surface area contributed by atoms with Crippen LogP contribution in [0, 0.1) is 28.4 Å². The maximum Gasteiger partial charge on any atom is 0.270 e. The number of nitriles is 1. The van der Waals surface area contributed by atoms with Crippen molar-refractivity contribution in [2.45, 2.75) is 6.92 Å². The van der Waals surface area contributed by atoms with Crippen LogP contribution in [0.4, 0.5) is 11.4 Å². The molecular weight excluding hydrogens is 458 g/mol. The number of nitrogens with one attached hydrogen (secondary N) is 1. The largest absolute Gasteiger partial charge is 0.493 e. The van der Waals surface area contributed by atoms with Crippen LogP contribution in [0.15, 0.2) is 60.7 Å². The first-order valence-electron chi connectivity index (χ1n) is 10.0. The number of nitro benzene ring substituents is 1. The summed E-state index contributed by atoms with van der Waals surface area (Å²) in [5.74, 6) is 0.0656. The lowest BCUT2D eigenvalue weighted by Crippen LogP contribution is -2.20. The summed E-state index contributed by atoms with van der Waals surface area (Å²) < 4.78 is 11.0. The first-order chi connectivity index (χ1) is 16.3. The fraction of sp³-hybridized carbons (Fsp3) is 0.120. The third kappa shape index (κ3) is 6.12. The SMILES string of the molecule is COc1cc(/C=C(/C#N)c2cccc([N+](=O)[O-])c2)cc(Cl)c1OCC(=O)Nc1ccc(C)cc1. The topological polar surface area (TPSA) is 114 Å². The number of nitro groups is 1. The van der Waals surface area contributed by atoms with Crippen LogP contribution in [0.2, 0.25) is 5.02 Å². The molecule has 0 spiro atoms.